The Balaban J connectivity index is 1.80. The van der Waals surface area contributed by atoms with Crippen molar-refractivity contribution >= 4 is 33.8 Å². The van der Waals surface area contributed by atoms with Crippen molar-refractivity contribution < 1.29 is 9.53 Å². The molecule has 0 atom stereocenters. The Kier molecular flexibility index (Phi) is 5.61. The number of carbonyl (C=O) groups excluding carboxylic acids is 1. The van der Waals surface area contributed by atoms with Crippen molar-refractivity contribution in [1.82, 2.24) is 19.8 Å². The number of hydrogen-bond acceptors (Lipinski definition) is 8. The van der Waals surface area contributed by atoms with Crippen molar-refractivity contribution in [1.29, 1.82) is 0 Å². The molecule has 0 bridgehead atoms. The summed E-state index contributed by atoms with van der Waals surface area (Å²) in [7, 11) is 1.60. The fraction of sp³-hybridized carbons (Fsp3) is 0.389. The number of carbonyl (C=O) groups is 1. The quantitative estimate of drug-likeness (QED) is 0.584. The van der Waals surface area contributed by atoms with E-state index in [4.69, 9.17) is 4.74 Å². The molecule has 0 aliphatic heterocycles. The lowest BCUT2D eigenvalue weighted by atomic mass is 9.92. The standard InChI is InChI=1S/C18H20N4O3S2/c1-18(2,3)14(23)10-26-17-21-22-15(24)13(19-20-16(22)27-17)9-11-5-7-12(25-4)8-6-11/h5-8H,9-10H2,1-4H3. The maximum atomic E-state index is 12.7. The summed E-state index contributed by atoms with van der Waals surface area (Å²) in [5, 5.41) is 12.5. The molecule has 1 aromatic carbocycles. The maximum absolute atomic E-state index is 12.7. The highest BCUT2D eigenvalue weighted by Gasteiger charge is 2.22. The van der Waals surface area contributed by atoms with Crippen LogP contribution < -0.4 is 10.3 Å². The molecule has 3 rings (SSSR count). The number of thioether (sulfide) groups is 1. The van der Waals surface area contributed by atoms with Gasteiger partial charge in [0.2, 0.25) is 4.96 Å². The average Bonchev–Trinajstić information content (AvgIpc) is 3.06. The van der Waals surface area contributed by atoms with Gasteiger partial charge in [0.15, 0.2) is 4.34 Å². The van der Waals surface area contributed by atoms with Crippen LogP contribution in [0, 0.1) is 5.41 Å². The van der Waals surface area contributed by atoms with Gasteiger partial charge >= 0.3 is 0 Å². The minimum absolute atomic E-state index is 0.130. The summed E-state index contributed by atoms with van der Waals surface area (Å²) in [6.45, 7) is 5.65. The fourth-order valence-corrected chi connectivity index (χ4v) is 4.21. The summed E-state index contributed by atoms with van der Waals surface area (Å²) in [5.41, 5.74) is 0.570. The van der Waals surface area contributed by atoms with Crippen LogP contribution in [0.3, 0.4) is 0 Å². The van der Waals surface area contributed by atoms with E-state index in [-0.39, 0.29) is 11.3 Å². The molecule has 2 heterocycles. The van der Waals surface area contributed by atoms with Gasteiger partial charge in [0.1, 0.15) is 17.2 Å². The van der Waals surface area contributed by atoms with E-state index < -0.39 is 5.41 Å². The molecule has 0 fully saturated rings. The molecule has 0 radical (unpaired) electrons. The van der Waals surface area contributed by atoms with Crippen LogP contribution in [-0.2, 0) is 11.2 Å². The monoisotopic (exact) mass is 404 g/mol. The highest BCUT2D eigenvalue weighted by molar-refractivity contribution is 8.01. The predicted octanol–water partition coefficient (Wildman–Crippen LogP) is 2.85. The maximum Gasteiger partial charge on any atom is 0.297 e. The topological polar surface area (TPSA) is 86.4 Å². The molecule has 0 N–H and O–H groups in total. The SMILES string of the molecule is COc1ccc(Cc2nnc3sc(SCC(=O)C(C)(C)C)nn3c2=O)cc1. The number of ketones is 1. The van der Waals surface area contributed by atoms with E-state index in [0.29, 0.717) is 27.2 Å². The highest BCUT2D eigenvalue weighted by Crippen LogP contribution is 2.26. The first-order valence-electron chi connectivity index (χ1n) is 8.32. The molecule has 3 aromatic rings. The van der Waals surface area contributed by atoms with E-state index in [0.717, 1.165) is 11.3 Å². The van der Waals surface area contributed by atoms with Crippen LogP contribution in [0.15, 0.2) is 33.4 Å². The van der Waals surface area contributed by atoms with Gasteiger partial charge in [-0.3, -0.25) is 9.59 Å². The molecular weight excluding hydrogens is 384 g/mol. The molecule has 0 amide bonds. The van der Waals surface area contributed by atoms with E-state index in [2.05, 4.69) is 15.3 Å². The lowest BCUT2D eigenvalue weighted by Crippen LogP contribution is -2.22. The highest BCUT2D eigenvalue weighted by atomic mass is 32.2. The first-order valence-corrected chi connectivity index (χ1v) is 10.1. The zero-order chi connectivity index (χ0) is 19.6. The van der Waals surface area contributed by atoms with Crippen molar-refractivity contribution in [2.45, 2.75) is 31.5 Å². The molecular formula is C18H20N4O3S2. The van der Waals surface area contributed by atoms with Crippen LogP contribution >= 0.6 is 23.1 Å². The van der Waals surface area contributed by atoms with E-state index in [1.807, 2.05) is 45.0 Å². The lowest BCUT2D eigenvalue weighted by molar-refractivity contribution is -0.123. The van der Waals surface area contributed by atoms with E-state index in [9.17, 15) is 9.59 Å². The van der Waals surface area contributed by atoms with Crippen molar-refractivity contribution in [2.24, 2.45) is 5.41 Å². The largest absolute Gasteiger partial charge is 0.497 e. The molecule has 0 unspecified atom stereocenters. The number of fused-ring (bicyclic) bond motifs is 1. The molecule has 0 spiro atoms. The summed E-state index contributed by atoms with van der Waals surface area (Å²) in [4.78, 5) is 25.2. The van der Waals surface area contributed by atoms with Crippen LogP contribution in [0.25, 0.3) is 4.96 Å². The Bertz CT molecular complexity index is 1020. The van der Waals surface area contributed by atoms with Gasteiger partial charge in [0, 0.05) is 11.8 Å². The zero-order valence-electron chi connectivity index (χ0n) is 15.6. The van der Waals surface area contributed by atoms with Crippen LogP contribution in [0.4, 0.5) is 0 Å². The van der Waals surface area contributed by atoms with E-state index in [1.165, 1.54) is 27.6 Å². The molecule has 7 nitrogen and oxygen atoms in total. The Morgan fingerprint density at radius 2 is 1.93 bits per heavy atom. The Morgan fingerprint density at radius 1 is 1.22 bits per heavy atom. The first-order chi connectivity index (χ1) is 12.8. The van der Waals surface area contributed by atoms with Gasteiger partial charge < -0.3 is 4.74 Å². The van der Waals surface area contributed by atoms with Crippen molar-refractivity contribution in [3.63, 3.8) is 0 Å². The second kappa shape index (κ2) is 7.77. The third-order valence-corrected chi connectivity index (χ3v) is 5.96. The van der Waals surface area contributed by atoms with Gasteiger partial charge in [-0.2, -0.15) is 4.52 Å². The summed E-state index contributed by atoms with van der Waals surface area (Å²) < 4.78 is 7.03. The Morgan fingerprint density at radius 3 is 2.56 bits per heavy atom. The molecule has 0 aliphatic carbocycles. The fourth-order valence-electron chi connectivity index (χ4n) is 2.18. The minimum Gasteiger partial charge on any atom is -0.497 e. The number of rotatable bonds is 6. The molecule has 0 aliphatic rings. The number of methoxy groups -OCH3 is 1. The summed E-state index contributed by atoms with van der Waals surface area (Å²) >= 11 is 2.58. The van der Waals surface area contributed by atoms with Crippen LogP contribution in [0.5, 0.6) is 5.75 Å². The number of hydrogen-bond donors (Lipinski definition) is 0. The minimum atomic E-state index is -0.397. The van der Waals surface area contributed by atoms with Crippen LogP contribution in [0.2, 0.25) is 0 Å². The average molecular weight is 405 g/mol. The lowest BCUT2D eigenvalue weighted by Gasteiger charge is -2.15. The van der Waals surface area contributed by atoms with E-state index in [1.54, 1.807) is 7.11 Å². The normalized spacial score (nSPS) is 11.7. The summed E-state index contributed by atoms with van der Waals surface area (Å²) in [6, 6.07) is 7.44. The molecule has 27 heavy (non-hydrogen) atoms. The van der Waals surface area contributed by atoms with E-state index >= 15 is 0 Å². The Hall–Kier alpha value is -2.26. The van der Waals surface area contributed by atoms with Gasteiger partial charge in [-0.05, 0) is 17.7 Å². The third kappa shape index (κ3) is 4.54. The number of benzene rings is 1. The second-order valence-corrected chi connectivity index (χ2v) is 9.18. The second-order valence-electron chi connectivity index (χ2n) is 7.00. The van der Waals surface area contributed by atoms with Crippen molar-refractivity contribution in [3.8, 4) is 5.75 Å². The van der Waals surface area contributed by atoms with Crippen LogP contribution in [0.1, 0.15) is 32.0 Å². The molecule has 142 valence electrons. The summed E-state index contributed by atoms with van der Waals surface area (Å²) in [6.07, 6.45) is 0.362. The van der Waals surface area contributed by atoms with Gasteiger partial charge in [-0.25, -0.2) is 0 Å². The first kappa shape index (κ1) is 19.5. The molecule has 2 aromatic heterocycles. The smallest absolute Gasteiger partial charge is 0.297 e. The van der Waals surface area contributed by atoms with Crippen LogP contribution in [-0.4, -0.2) is 38.5 Å². The number of Topliss-reactive ketones (excluding diaryl/α,β-unsaturated/α-hetero) is 1. The Labute approximate surface area is 164 Å². The zero-order valence-corrected chi connectivity index (χ0v) is 17.2. The number of aromatic nitrogens is 4. The molecule has 9 heteroatoms. The van der Waals surface area contributed by atoms with Gasteiger partial charge in [0.25, 0.3) is 5.56 Å². The molecule has 0 saturated carbocycles. The van der Waals surface area contributed by atoms with Gasteiger partial charge in [-0.1, -0.05) is 56.0 Å². The van der Waals surface area contributed by atoms with Gasteiger partial charge in [0.05, 0.1) is 12.9 Å². The number of ether oxygens (including phenoxy) is 1. The van der Waals surface area contributed by atoms with Crippen molar-refractivity contribution in [3.05, 3.63) is 45.9 Å². The van der Waals surface area contributed by atoms with Gasteiger partial charge in [-0.15, -0.1) is 15.3 Å². The van der Waals surface area contributed by atoms with Crippen molar-refractivity contribution in [2.75, 3.05) is 12.9 Å². The number of nitrogens with zero attached hydrogens (tertiary/aromatic N) is 4. The summed E-state index contributed by atoms with van der Waals surface area (Å²) in [5.74, 6) is 1.19. The molecule has 0 saturated heterocycles. The third-order valence-electron chi connectivity index (χ3n) is 3.93. The predicted molar refractivity (Wildman–Crippen MR) is 106 cm³/mol.